The highest BCUT2D eigenvalue weighted by Gasteiger charge is 2.15. The molecule has 0 spiro atoms. The summed E-state index contributed by atoms with van der Waals surface area (Å²) in [6, 6.07) is 5.15. The molecule has 0 unspecified atom stereocenters. The van der Waals surface area contributed by atoms with Crippen LogP contribution in [0, 0.1) is 17.0 Å². The number of hydrogen-bond donors (Lipinski definition) is 1. The van der Waals surface area contributed by atoms with Crippen molar-refractivity contribution < 1.29 is 19.2 Å². The first-order valence-electron chi connectivity index (χ1n) is 5.69. The van der Waals surface area contributed by atoms with E-state index in [0.717, 1.165) is 6.07 Å². The van der Waals surface area contributed by atoms with Gasteiger partial charge in [0, 0.05) is 12.1 Å². The Kier molecular flexibility index (Phi) is 3.93. The van der Waals surface area contributed by atoms with Gasteiger partial charge >= 0.3 is 5.97 Å². The standard InChI is InChI=1S/C12H10N4O5/c1-7(11-8(2)14-21-15-11)13-20-12(17)9-4-3-5-10(6-9)16(18)19/h3-6,13H,1H2,2H3. The quantitative estimate of drug-likeness (QED) is 0.651. The summed E-state index contributed by atoms with van der Waals surface area (Å²) in [5.41, 5.74) is 3.07. The minimum atomic E-state index is -0.797. The molecule has 1 aromatic heterocycles. The fourth-order valence-electron chi connectivity index (χ4n) is 1.47. The number of rotatable bonds is 5. The maximum absolute atomic E-state index is 11.8. The van der Waals surface area contributed by atoms with Crippen LogP contribution in [0.2, 0.25) is 0 Å². The summed E-state index contributed by atoms with van der Waals surface area (Å²) in [4.78, 5) is 26.6. The molecule has 0 saturated heterocycles. The molecule has 1 N–H and O–H groups in total. The molecule has 0 saturated carbocycles. The molecule has 0 aliphatic carbocycles. The van der Waals surface area contributed by atoms with E-state index in [2.05, 4.69) is 27.0 Å². The maximum Gasteiger partial charge on any atom is 0.363 e. The number of carbonyl (C=O) groups is 1. The summed E-state index contributed by atoms with van der Waals surface area (Å²) in [7, 11) is 0. The van der Waals surface area contributed by atoms with Gasteiger partial charge in [0.25, 0.3) is 5.69 Å². The summed E-state index contributed by atoms with van der Waals surface area (Å²) in [6.07, 6.45) is 0. The van der Waals surface area contributed by atoms with Gasteiger partial charge < -0.3 is 4.84 Å². The third-order valence-corrected chi connectivity index (χ3v) is 2.50. The van der Waals surface area contributed by atoms with E-state index in [9.17, 15) is 14.9 Å². The molecule has 2 aromatic rings. The number of nitrogens with one attached hydrogen (secondary N) is 1. The van der Waals surface area contributed by atoms with Gasteiger partial charge in [0.1, 0.15) is 5.69 Å². The summed E-state index contributed by atoms with van der Waals surface area (Å²) in [5, 5.41) is 17.8. The average molecular weight is 290 g/mol. The summed E-state index contributed by atoms with van der Waals surface area (Å²) in [6.45, 7) is 5.25. The highest BCUT2D eigenvalue weighted by molar-refractivity contribution is 5.90. The van der Waals surface area contributed by atoms with E-state index in [-0.39, 0.29) is 16.9 Å². The zero-order valence-corrected chi connectivity index (χ0v) is 10.9. The predicted molar refractivity (Wildman–Crippen MR) is 69.7 cm³/mol. The van der Waals surface area contributed by atoms with Gasteiger partial charge in [-0.3, -0.25) is 10.1 Å². The van der Waals surface area contributed by atoms with Crippen molar-refractivity contribution in [2.45, 2.75) is 6.92 Å². The predicted octanol–water partition coefficient (Wildman–Crippen LogP) is 1.62. The van der Waals surface area contributed by atoms with Crippen LogP contribution in [0.3, 0.4) is 0 Å². The molecule has 9 heteroatoms. The van der Waals surface area contributed by atoms with Crippen LogP contribution in [-0.2, 0) is 4.84 Å². The van der Waals surface area contributed by atoms with E-state index in [4.69, 9.17) is 4.84 Å². The Labute approximate surface area is 118 Å². The van der Waals surface area contributed by atoms with Crippen LogP contribution in [0.25, 0.3) is 5.70 Å². The number of carbonyl (C=O) groups excluding carboxylic acids is 1. The van der Waals surface area contributed by atoms with Crippen molar-refractivity contribution in [3.63, 3.8) is 0 Å². The second-order valence-electron chi connectivity index (χ2n) is 3.98. The maximum atomic E-state index is 11.8. The number of nitro groups is 1. The number of hydroxylamine groups is 1. The van der Waals surface area contributed by atoms with E-state index in [1.807, 2.05) is 0 Å². The van der Waals surface area contributed by atoms with Gasteiger partial charge in [0.05, 0.1) is 16.2 Å². The zero-order chi connectivity index (χ0) is 15.4. The molecule has 0 bridgehead atoms. The Bertz CT molecular complexity index is 709. The molecule has 9 nitrogen and oxygen atoms in total. The van der Waals surface area contributed by atoms with Crippen LogP contribution in [-0.4, -0.2) is 21.2 Å². The zero-order valence-electron chi connectivity index (χ0n) is 10.9. The highest BCUT2D eigenvalue weighted by atomic mass is 16.7. The fourth-order valence-corrected chi connectivity index (χ4v) is 1.47. The largest absolute Gasteiger partial charge is 0.363 e. The summed E-state index contributed by atoms with van der Waals surface area (Å²) >= 11 is 0. The molecule has 0 atom stereocenters. The fraction of sp³-hybridized carbons (Fsp3) is 0.0833. The Hall–Kier alpha value is -3.23. The summed E-state index contributed by atoms with van der Waals surface area (Å²) in [5.74, 6) is -0.797. The van der Waals surface area contributed by atoms with E-state index in [1.54, 1.807) is 6.92 Å². The lowest BCUT2D eigenvalue weighted by molar-refractivity contribution is -0.384. The van der Waals surface area contributed by atoms with Crippen molar-refractivity contribution in [1.29, 1.82) is 0 Å². The summed E-state index contributed by atoms with van der Waals surface area (Å²) < 4.78 is 4.48. The molecule has 0 amide bonds. The number of nitrogens with zero attached hydrogens (tertiary/aromatic N) is 3. The minimum absolute atomic E-state index is 0.0273. The second kappa shape index (κ2) is 5.82. The van der Waals surface area contributed by atoms with Crippen molar-refractivity contribution in [2.24, 2.45) is 0 Å². The number of aryl methyl sites for hydroxylation is 1. The molecule has 1 aromatic carbocycles. The minimum Gasteiger partial charge on any atom is -0.338 e. The van der Waals surface area contributed by atoms with Gasteiger partial charge in [-0.25, -0.2) is 14.9 Å². The molecule has 21 heavy (non-hydrogen) atoms. The van der Waals surface area contributed by atoms with E-state index in [1.165, 1.54) is 18.2 Å². The SMILES string of the molecule is C=C(NOC(=O)c1cccc([N+](=O)[O-])c1)c1nonc1C. The van der Waals surface area contributed by atoms with Crippen LogP contribution in [0.15, 0.2) is 35.5 Å². The number of benzene rings is 1. The Morgan fingerprint density at radius 1 is 1.48 bits per heavy atom. The molecule has 0 aliphatic heterocycles. The van der Waals surface area contributed by atoms with Crippen molar-refractivity contribution in [1.82, 2.24) is 15.8 Å². The lowest BCUT2D eigenvalue weighted by Gasteiger charge is -2.07. The van der Waals surface area contributed by atoms with Crippen LogP contribution in [0.5, 0.6) is 0 Å². The van der Waals surface area contributed by atoms with Crippen LogP contribution >= 0.6 is 0 Å². The van der Waals surface area contributed by atoms with E-state index in [0.29, 0.717) is 11.4 Å². The number of non-ortho nitro benzene ring substituents is 1. The monoisotopic (exact) mass is 290 g/mol. The first kappa shape index (κ1) is 14.2. The first-order chi connectivity index (χ1) is 9.99. The molecule has 108 valence electrons. The van der Waals surface area contributed by atoms with E-state index < -0.39 is 10.9 Å². The smallest absolute Gasteiger partial charge is 0.338 e. The van der Waals surface area contributed by atoms with Crippen LogP contribution < -0.4 is 5.48 Å². The molecular weight excluding hydrogens is 280 g/mol. The topological polar surface area (TPSA) is 120 Å². The number of hydrogen-bond acceptors (Lipinski definition) is 8. The van der Waals surface area contributed by atoms with Gasteiger partial charge in [-0.2, -0.15) is 0 Å². The third-order valence-electron chi connectivity index (χ3n) is 2.50. The Morgan fingerprint density at radius 3 is 2.86 bits per heavy atom. The first-order valence-corrected chi connectivity index (χ1v) is 5.69. The highest BCUT2D eigenvalue weighted by Crippen LogP contribution is 2.14. The Morgan fingerprint density at radius 2 is 2.24 bits per heavy atom. The molecule has 0 fully saturated rings. The number of aromatic nitrogens is 2. The van der Waals surface area contributed by atoms with Crippen molar-refractivity contribution in [2.75, 3.05) is 0 Å². The van der Waals surface area contributed by atoms with Gasteiger partial charge in [-0.1, -0.05) is 17.8 Å². The molecule has 1 heterocycles. The molecule has 0 aliphatic rings. The van der Waals surface area contributed by atoms with Crippen molar-refractivity contribution in [3.8, 4) is 0 Å². The third kappa shape index (κ3) is 3.21. The van der Waals surface area contributed by atoms with E-state index >= 15 is 0 Å². The second-order valence-corrected chi connectivity index (χ2v) is 3.98. The molecular formula is C12H10N4O5. The van der Waals surface area contributed by atoms with Crippen LogP contribution in [0.1, 0.15) is 21.7 Å². The molecule has 0 radical (unpaired) electrons. The van der Waals surface area contributed by atoms with Crippen molar-refractivity contribution >= 4 is 17.4 Å². The average Bonchev–Trinajstić information content (AvgIpc) is 2.90. The van der Waals surface area contributed by atoms with Gasteiger partial charge in [0.15, 0.2) is 5.69 Å². The Balaban J connectivity index is 2.02. The van der Waals surface area contributed by atoms with Crippen molar-refractivity contribution in [3.05, 3.63) is 57.9 Å². The van der Waals surface area contributed by atoms with Gasteiger partial charge in [-0.05, 0) is 18.1 Å². The van der Waals surface area contributed by atoms with Gasteiger partial charge in [-0.15, -0.1) is 0 Å². The van der Waals surface area contributed by atoms with Crippen LogP contribution in [0.4, 0.5) is 5.69 Å². The molecule has 2 rings (SSSR count). The lowest BCUT2D eigenvalue weighted by atomic mass is 10.2. The number of nitro benzene ring substituents is 1. The normalized spacial score (nSPS) is 9.95. The van der Waals surface area contributed by atoms with Gasteiger partial charge in [0.2, 0.25) is 0 Å². The lowest BCUT2D eigenvalue weighted by Crippen LogP contribution is -2.19.